The summed E-state index contributed by atoms with van der Waals surface area (Å²) in [6, 6.07) is 4.46. The van der Waals surface area contributed by atoms with Gasteiger partial charge in [0.25, 0.3) is 0 Å². The molecule has 4 heteroatoms. The number of likely N-dealkylation sites (N-methyl/N-ethyl adjacent to an activating group) is 1. The zero-order valence-electron chi connectivity index (χ0n) is 10.2. The molecule has 1 amide bonds. The highest BCUT2D eigenvalue weighted by atomic mass is 32.1. The number of rotatable bonds is 6. The van der Waals surface area contributed by atoms with E-state index in [1.165, 1.54) is 4.88 Å². The SMILES string of the molecule is CCC(NCC(=O)N(C)CC)c1cccs1. The number of amides is 1. The summed E-state index contributed by atoms with van der Waals surface area (Å²) in [5.74, 6) is 0.150. The first-order chi connectivity index (χ1) is 7.69. The first-order valence-electron chi connectivity index (χ1n) is 5.69. The highest BCUT2D eigenvalue weighted by Gasteiger charge is 2.12. The summed E-state index contributed by atoms with van der Waals surface area (Å²) in [5, 5.41) is 5.38. The molecule has 1 unspecified atom stereocenters. The van der Waals surface area contributed by atoms with Gasteiger partial charge in [0, 0.05) is 24.5 Å². The Morgan fingerprint density at radius 2 is 2.31 bits per heavy atom. The van der Waals surface area contributed by atoms with E-state index >= 15 is 0 Å². The molecule has 1 atom stereocenters. The molecule has 0 bridgehead atoms. The van der Waals surface area contributed by atoms with Crippen LogP contribution in [0.15, 0.2) is 17.5 Å². The molecule has 1 aromatic heterocycles. The number of carbonyl (C=O) groups is 1. The van der Waals surface area contributed by atoms with Gasteiger partial charge in [0.1, 0.15) is 0 Å². The second-order valence-electron chi connectivity index (χ2n) is 3.77. The van der Waals surface area contributed by atoms with E-state index in [1.807, 2.05) is 20.0 Å². The molecule has 90 valence electrons. The Bertz CT molecular complexity index is 311. The lowest BCUT2D eigenvalue weighted by atomic mass is 10.2. The van der Waals surface area contributed by atoms with Crippen LogP contribution >= 0.6 is 11.3 Å². The van der Waals surface area contributed by atoms with Crippen molar-refractivity contribution < 1.29 is 4.79 Å². The Morgan fingerprint density at radius 1 is 1.56 bits per heavy atom. The first kappa shape index (κ1) is 13.2. The molecule has 0 aliphatic carbocycles. The highest BCUT2D eigenvalue weighted by Crippen LogP contribution is 2.21. The lowest BCUT2D eigenvalue weighted by molar-refractivity contribution is -0.128. The number of hydrogen-bond donors (Lipinski definition) is 1. The summed E-state index contributed by atoms with van der Waals surface area (Å²) in [5.41, 5.74) is 0. The number of nitrogens with one attached hydrogen (secondary N) is 1. The summed E-state index contributed by atoms with van der Waals surface area (Å²) in [6.45, 7) is 5.29. The Labute approximate surface area is 101 Å². The van der Waals surface area contributed by atoms with Crippen molar-refractivity contribution in [2.24, 2.45) is 0 Å². The minimum Gasteiger partial charge on any atom is -0.345 e. The third-order valence-corrected chi connectivity index (χ3v) is 3.68. The summed E-state index contributed by atoms with van der Waals surface area (Å²) in [7, 11) is 1.83. The molecule has 0 spiro atoms. The second kappa shape index (κ2) is 6.66. The lowest BCUT2D eigenvalue weighted by Crippen LogP contribution is -2.36. The molecule has 0 fully saturated rings. The minimum atomic E-state index is 0.150. The van der Waals surface area contributed by atoms with E-state index in [1.54, 1.807) is 16.2 Å². The van der Waals surface area contributed by atoms with E-state index in [0.29, 0.717) is 12.6 Å². The molecular weight excluding hydrogens is 220 g/mol. The van der Waals surface area contributed by atoms with Crippen molar-refractivity contribution in [2.45, 2.75) is 26.3 Å². The fourth-order valence-electron chi connectivity index (χ4n) is 1.46. The van der Waals surface area contributed by atoms with Crippen molar-refractivity contribution in [3.8, 4) is 0 Å². The molecule has 0 saturated carbocycles. The van der Waals surface area contributed by atoms with Crippen LogP contribution in [0, 0.1) is 0 Å². The average Bonchev–Trinajstić information content (AvgIpc) is 2.82. The average molecular weight is 240 g/mol. The van der Waals surface area contributed by atoms with Crippen LogP contribution in [0.3, 0.4) is 0 Å². The topological polar surface area (TPSA) is 32.3 Å². The fraction of sp³-hybridized carbons (Fsp3) is 0.583. The largest absolute Gasteiger partial charge is 0.345 e. The molecule has 0 aliphatic heterocycles. The maximum Gasteiger partial charge on any atom is 0.236 e. The van der Waals surface area contributed by atoms with Crippen LogP contribution in [0.2, 0.25) is 0 Å². The predicted octanol–water partition coefficient (Wildman–Crippen LogP) is 2.27. The Balaban J connectivity index is 2.44. The van der Waals surface area contributed by atoms with Crippen LogP contribution in [0.4, 0.5) is 0 Å². The maximum atomic E-state index is 11.6. The van der Waals surface area contributed by atoms with Crippen molar-refractivity contribution in [1.82, 2.24) is 10.2 Å². The molecule has 0 radical (unpaired) electrons. The van der Waals surface area contributed by atoms with Crippen molar-refractivity contribution in [3.05, 3.63) is 22.4 Å². The molecule has 1 aromatic rings. The zero-order chi connectivity index (χ0) is 12.0. The fourth-order valence-corrected chi connectivity index (χ4v) is 2.34. The zero-order valence-corrected chi connectivity index (χ0v) is 11.0. The molecule has 0 saturated heterocycles. The molecular formula is C12H20N2OS. The van der Waals surface area contributed by atoms with Crippen LogP contribution in [0.25, 0.3) is 0 Å². The minimum absolute atomic E-state index is 0.150. The van der Waals surface area contributed by atoms with E-state index in [4.69, 9.17) is 0 Å². The predicted molar refractivity (Wildman–Crippen MR) is 68.7 cm³/mol. The van der Waals surface area contributed by atoms with Gasteiger partial charge in [-0.3, -0.25) is 4.79 Å². The molecule has 3 nitrogen and oxygen atoms in total. The van der Waals surface area contributed by atoms with Crippen molar-refractivity contribution in [3.63, 3.8) is 0 Å². The number of thiophene rings is 1. The summed E-state index contributed by atoms with van der Waals surface area (Å²) >= 11 is 1.73. The van der Waals surface area contributed by atoms with Gasteiger partial charge in [-0.15, -0.1) is 11.3 Å². The summed E-state index contributed by atoms with van der Waals surface area (Å²) in [4.78, 5) is 14.7. The third kappa shape index (κ3) is 3.61. The Kier molecular flexibility index (Phi) is 5.49. The van der Waals surface area contributed by atoms with Gasteiger partial charge >= 0.3 is 0 Å². The molecule has 1 rings (SSSR count). The van der Waals surface area contributed by atoms with E-state index in [2.05, 4.69) is 23.7 Å². The number of nitrogens with zero attached hydrogens (tertiary/aromatic N) is 1. The quantitative estimate of drug-likeness (QED) is 0.827. The van der Waals surface area contributed by atoms with Crippen LogP contribution in [0.1, 0.15) is 31.2 Å². The van der Waals surface area contributed by atoms with Gasteiger partial charge in [-0.1, -0.05) is 13.0 Å². The van der Waals surface area contributed by atoms with Gasteiger partial charge in [-0.2, -0.15) is 0 Å². The van der Waals surface area contributed by atoms with Crippen molar-refractivity contribution in [2.75, 3.05) is 20.1 Å². The molecule has 1 heterocycles. The number of carbonyl (C=O) groups excluding carboxylic acids is 1. The van der Waals surface area contributed by atoms with Gasteiger partial charge < -0.3 is 10.2 Å². The van der Waals surface area contributed by atoms with Crippen LogP contribution in [0.5, 0.6) is 0 Å². The highest BCUT2D eigenvalue weighted by molar-refractivity contribution is 7.10. The Hall–Kier alpha value is -0.870. The van der Waals surface area contributed by atoms with Crippen LogP contribution in [-0.2, 0) is 4.79 Å². The number of hydrogen-bond acceptors (Lipinski definition) is 3. The molecule has 0 aliphatic rings. The van der Waals surface area contributed by atoms with E-state index < -0.39 is 0 Å². The second-order valence-corrected chi connectivity index (χ2v) is 4.74. The lowest BCUT2D eigenvalue weighted by Gasteiger charge is -2.19. The third-order valence-electron chi connectivity index (χ3n) is 2.69. The van der Waals surface area contributed by atoms with Gasteiger partial charge in [0.05, 0.1) is 6.54 Å². The van der Waals surface area contributed by atoms with Crippen molar-refractivity contribution in [1.29, 1.82) is 0 Å². The normalized spacial score (nSPS) is 12.4. The van der Waals surface area contributed by atoms with Gasteiger partial charge in [-0.25, -0.2) is 0 Å². The molecule has 1 N–H and O–H groups in total. The Morgan fingerprint density at radius 3 is 2.81 bits per heavy atom. The molecule has 16 heavy (non-hydrogen) atoms. The van der Waals surface area contributed by atoms with E-state index in [0.717, 1.165) is 13.0 Å². The smallest absolute Gasteiger partial charge is 0.236 e. The van der Waals surface area contributed by atoms with Gasteiger partial charge in [0.15, 0.2) is 0 Å². The van der Waals surface area contributed by atoms with Gasteiger partial charge in [0.2, 0.25) is 5.91 Å². The van der Waals surface area contributed by atoms with Crippen molar-refractivity contribution >= 4 is 17.2 Å². The first-order valence-corrected chi connectivity index (χ1v) is 6.57. The maximum absolute atomic E-state index is 11.6. The summed E-state index contributed by atoms with van der Waals surface area (Å²) < 4.78 is 0. The van der Waals surface area contributed by atoms with E-state index in [9.17, 15) is 4.79 Å². The van der Waals surface area contributed by atoms with Crippen LogP contribution < -0.4 is 5.32 Å². The van der Waals surface area contributed by atoms with E-state index in [-0.39, 0.29) is 5.91 Å². The van der Waals surface area contributed by atoms with Crippen LogP contribution in [-0.4, -0.2) is 30.9 Å². The molecule has 0 aromatic carbocycles. The van der Waals surface area contributed by atoms with Gasteiger partial charge in [-0.05, 0) is 24.8 Å². The monoisotopic (exact) mass is 240 g/mol. The standard InChI is InChI=1S/C12H20N2OS/c1-4-10(11-7-6-8-16-11)13-9-12(15)14(3)5-2/h6-8,10,13H,4-5,9H2,1-3H3. The summed E-state index contributed by atoms with van der Waals surface area (Å²) in [6.07, 6.45) is 1.00.